The summed E-state index contributed by atoms with van der Waals surface area (Å²) in [4.78, 5) is 16.8. The second-order valence-electron chi connectivity index (χ2n) is 5.66. The predicted octanol–water partition coefficient (Wildman–Crippen LogP) is 3.31. The van der Waals surface area contributed by atoms with E-state index in [2.05, 4.69) is 10.3 Å². The van der Waals surface area contributed by atoms with E-state index in [-0.39, 0.29) is 12.7 Å². The molecule has 4 rings (SSSR count). The molecule has 1 aliphatic rings. The first-order valence-electron chi connectivity index (χ1n) is 7.90. The Hall–Kier alpha value is -3.28. The Morgan fingerprint density at radius 3 is 2.76 bits per heavy atom. The minimum atomic E-state index is -0.277. The number of nitrogens with one attached hydrogen (secondary N) is 1. The predicted molar refractivity (Wildman–Crippen MR) is 90.4 cm³/mol. The van der Waals surface area contributed by atoms with Crippen LogP contribution in [0.15, 0.2) is 52.9 Å². The third-order valence-electron chi connectivity index (χ3n) is 3.92. The first-order valence-corrected chi connectivity index (χ1v) is 7.90. The van der Waals surface area contributed by atoms with Gasteiger partial charge in [0, 0.05) is 12.1 Å². The maximum atomic E-state index is 12.4. The Bertz CT molecular complexity index is 918. The number of rotatable bonds is 4. The Morgan fingerprint density at radius 2 is 1.92 bits per heavy atom. The average Bonchev–Trinajstić information content (AvgIpc) is 3.26. The molecule has 1 N–H and O–H groups in total. The number of aryl methyl sites for hydroxylation is 1. The molecule has 6 heteroatoms. The fourth-order valence-electron chi connectivity index (χ4n) is 2.63. The van der Waals surface area contributed by atoms with Gasteiger partial charge in [-0.3, -0.25) is 4.79 Å². The Kier molecular flexibility index (Phi) is 3.85. The molecule has 0 radical (unpaired) electrons. The van der Waals surface area contributed by atoms with Crippen LogP contribution < -0.4 is 14.8 Å². The largest absolute Gasteiger partial charge is 0.454 e. The molecule has 2 heterocycles. The fourth-order valence-corrected chi connectivity index (χ4v) is 2.63. The van der Waals surface area contributed by atoms with Crippen molar-refractivity contribution in [3.8, 4) is 23.0 Å². The molecule has 0 unspecified atom stereocenters. The highest BCUT2D eigenvalue weighted by Gasteiger charge is 2.18. The topological polar surface area (TPSA) is 73.6 Å². The second-order valence-corrected chi connectivity index (χ2v) is 5.66. The van der Waals surface area contributed by atoms with Gasteiger partial charge in [-0.1, -0.05) is 24.3 Å². The van der Waals surface area contributed by atoms with Crippen molar-refractivity contribution in [2.45, 2.75) is 13.5 Å². The molecule has 0 aliphatic carbocycles. The Labute approximate surface area is 144 Å². The van der Waals surface area contributed by atoms with Crippen molar-refractivity contribution < 1.29 is 18.7 Å². The molecular formula is C19H16N2O4. The van der Waals surface area contributed by atoms with Gasteiger partial charge in [-0.15, -0.1) is 0 Å². The number of amides is 1. The van der Waals surface area contributed by atoms with Gasteiger partial charge in [0.25, 0.3) is 5.91 Å². The highest BCUT2D eigenvalue weighted by atomic mass is 16.7. The maximum Gasteiger partial charge on any atom is 0.273 e. The van der Waals surface area contributed by atoms with Crippen LogP contribution in [0.4, 0.5) is 0 Å². The summed E-state index contributed by atoms with van der Waals surface area (Å²) in [5, 5.41) is 2.85. The zero-order valence-electron chi connectivity index (χ0n) is 13.6. The molecule has 0 spiro atoms. The standard InChI is InChI=1S/C19H16N2O4/c1-12-17(21-19(25-12)14-5-3-2-4-6-14)18(22)20-10-13-7-8-15-16(9-13)24-11-23-15/h2-9H,10-11H2,1H3,(H,20,22). The Balaban J connectivity index is 1.47. The molecule has 1 amide bonds. The molecule has 1 aliphatic heterocycles. The van der Waals surface area contributed by atoms with Crippen LogP contribution in [0.5, 0.6) is 11.5 Å². The van der Waals surface area contributed by atoms with Gasteiger partial charge in [0.15, 0.2) is 17.2 Å². The van der Waals surface area contributed by atoms with E-state index in [1.54, 1.807) is 6.92 Å². The lowest BCUT2D eigenvalue weighted by atomic mass is 10.2. The number of ether oxygens (including phenoxy) is 2. The highest BCUT2D eigenvalue weighted by molar-refractivity contribution is 5.93. The van der Waals surface area contributed by atoms with Crippen LogP contribution in [-0.4, -0.2) is 17.7 Å². The summed E-state index contributed by atoms with van der Waals surface area (Å²) in [5.74, 6) is 2.06. The van der Waals surface area contributed by atoms with E-state index in [1.165, 1.54) is 0 Å². The zero-order valence-corrected chi connectivity index (χ0v) is 13.6. The molecule has 3 aromatic rings. The molecule has 126 valence electrons. The third-order valence-corrected chi connectivity index (χ3v) is 3.92. The maximum absolute atomic E-state index is 12.4. The van der Waals surface area contributed by atoms with E-state index in [0.29, 0.717) is 29.6 Å². The van der Waals surface area contributed by atoms with Crippen molar-refractivity contribution in [1.82, 2.24) is 10.3 Å². The SMILES string of the molecule is Cc1oc(-c2ccccc2)nc1C(=O)NCc1ccc2c(c1)OCO2. The zero-order chi connectivity index (χ0) is 17.2. The van der Waals surface area contributed by atoms with E-state index < -0.39 is 0 Å². The van der Waals surface area contributed by atoms with Crippen molar-refractivity contribution in [2.75, 3.05) is 6.79 Å². The van der Waals surface area contributed by atoms with Gasteiger partial charge in [0.05, 0.1) is 0 Å². The number of nitrogens with zero attached hydrogens (tertiary/aromatic N) is 1. The molecular weight excluding hydrogens is 320 g/mol. The summed E-state index contributed by atoms with van der Waals surface area (Å²) in [6.45, 7) is 2.32. The summed E-state index contributed by atoms with van der Waals surface area (Å²) in [5.41, 5.74) is 2.04. The van der Waals surface area contributed by atoms with Crippen LogP contribution in [0, 0.1) is 6.92 Å². The van der Waals surface area contributed by atoms with Crippen LogP contribution in [-0.2, 0) is 6.54 Å². The second kappa shape index (κ2) is 6.32. The first kappa shape index (κ1) is 15.3. The lowest BCUT2D eigenvalue weighted by Gasteiger charge is -2.05. The number of hydrogen-bond donors (Lipinski definition) is 1. The van der Waals surface area contributed by atoms with Crippen LogP contribution in [0.1, 0.15) is 21.8 Å². The van der Waals surface area contributed by atoms with Crippen molar-refractivity contribution >= 4 is 5.91 Å². The molecule has 1 aromatic heterocycles. The number of carbonyl (C=O) groups excluding carboxylic acids is 1. The molecule has 6 nitrogen and oxygen atoms in total. The smallest absolute Gasteiger partial charge is 0.273 e. The number of oxazole rings is 1. The van der Waals surface area contributed by atoms with Crippen LogP contribution in [0.3, 0.4) is 0 Å². The lowest BCUT2D eigenvalue weighted by molar-refractivity contribution is 0.0945. The minimum Gasteiger partial charge on any atom is -0.454 e. The summed E-state index contributed by atoms with van der Waals surface area (Å²) in [6, 6.07) is 15.1. The fraction of sp³-hybridized carbons (Fsp3) is 0.158. The van der Waals surface area contributed by atoms with Crippen LogP contribution in [0.25, 0.3) is 11.5 Å². The lowest BCUT2D eigenvalue weighted by Crippen LogP contribution is -2.23. The van der Waals surface area contributed by atoms with E-state index in [4.69, 9.17) is 13.9 Å². The van der Waals surface area contributed by atoms with Gasteiger partial charge >= 0.3 is 0 Å². The summed E-state index contributed by atoms with van der Waals surface area (Å²) in [6.07, 6.45) is 0. The molecule has 0 atom stereocenters. The molecule has 25 heavy (non-hydrogen) atoms. The summed E-state index contributed by atoms with van der Waals surface area (Å²) < 4.78 is 16.2. The van der Waals surface area contributed by atoms with Gasteiger partial charge in [-0.05, 0) is 36.8 Å². The van der Waals surface area contributed by atoms with Crippen molar-refractivity contribution in [3.05, 3.63) is 65.5 Å². The Morgan fingerprint density at radius 1 is 1.12 bits per heavy atom. The highest BCUT2D eigenvalue weighted by Crippen LogP contribution is 2.32. The number of hydrogen-bond acceptors (Lipinski definition) is 5. The number of fused-ring (bicyclic) bond motifs is 1. The van der Waals surface area contributed by atoms with Crippen molar-refractivity contribution in [1.29, 1.82) is 0 Å². The van der Waals surface area contributed by atoms with Gasteiger partial charge < -0.3 is 19.2 Å². The molecule has 0 saturated heterocycles. The molecule has 2 aromatic carbocycles. The first-order chi connectivity index (χ1) is 12.2. The van der Waals surface area contributed by atoms with Crippen LogP contribution >= 0.6 is 0 Å². The molecule has 0 saturated carbocycles. The number of aromatic nitrogens is 1. The van der Waals surface area contributed by atoms with Crippen molar-refractivity contribution in [3.63, 3.8) is 0 Å². The number of carbonyl (C=O) groups is 1. The summed E-state index contributed by atoms with van der Waals surface area (Å²) >= 11 is 0. The van der Waals surface area contributed by atoms with E-state index in [9.17, 15) is 4.79 Å². The van der Waals surface area contributed by atoms with E-state index in [1.807, 2.05) is 48.5 Å². The molecule has 0 fully saturated rings. The van der Waals surface area contributed by atoms with Gasteiger partial charge in [-0.2, -0.15) is 0 Å². The monoisotopic (exact) mass is 336 g/mol. The van der Waals surface area contributed by atoms with Crippen molar-refractivity contribution in [2.24, 2.45) is 0 Å². The van der Waals surface area contributed by atoms with E-state index >= 15 is 0 Å². The average molecular weight is 336 g/mol. The third kappa shape index (κ3) is 3.06. The van der Waals surface area contributed by atoms with E-state index in [0.717, 1.165) is 16.9 Å². The molecule has 0 bridgehead atoms. The minimum absolute atomic E-state index is 0.228. The quantitative estimate of drug-likeness (QED) is 0.791. The normalized spacial score (nSPS) is 12.2. The van der Waals surface area contributed by atoms with Gasteiger partial charge in [0.2, 0.25) is 12.7 Å². The summed E-state index contributed by atoms with van der Waals surface area (Å²) in [7, 11) is 0. The van der Waals surface area contributed by atoms with Gasteiger partial charge in [0.1, 0.15) is 5.76 Å². The van der Waals surface area contributed by atoms with Gasteiger partial charge in [-0.25, -0.2) is 4.98 Å². The number of benzene rings is 2. The van der Waals surface area contributed by atoms with Crippen LogP contribution in [0.2, 0.25) is 0 Å².